The normalized spacial score (nSPS) is 14.0. The van der Waals surface area contributed by atoms with E-state index >= 15 is 0 Å². The monoisotopic (exact) mass is 456 g/mol. The number of alkyl halides is 3. The molecule has 2 rings (SSSR count). The van der Waals surface area contributed by atoms with E-state index in [1.54, 1.807) is 6.92 Å². The first-order chi connectivity index (χ1) is 14.9. The largest absolute Gasteiger partial charge is 0.496 e. The Kier molecular flexibility index (Phi) is 9.26. The molecule has 2 aromatic rings. The number of aliphatic imine (C=N–C) groups is 1. The quantitative estimate of drug-likeness (QED) is 0.341. The average molecular weight is 457 g/mol. The Balaban J connectivity index is 0.00000249. The predicted molar refractivity (Wildman–Crippen MR) is 121 cm³/mol. The minimum atomic E-state index is -4.93. The van der Waals surface area contributed by atoms with Gasteiger partial charge in [0.05, 0.1) is 18.5 Å². The molecule has 1 aromatic heterocycles. The first-order valence-corrected chi connectivity index (χ1v) is 10.3. The van der Waals surface area contributed by atoms with E-state index in [4.69, 9.17) is 4.74 Å². The van der Waals surface area contributed by atoms with E-state index in [0.29, 0.717) is 11.4 Å². The predicted octanol–water partition coefficient (Wildman–Crippen LogP) is 6.76. The summed E-state index contributed by atoms with van der Waals surface area (Å²) in [6.45, 7) is 12.3. The van der Waals surface area contributed by atoms with Crippen LogP contribution in [0.15, 0.2) is 35.8 Å². The fourth-order valence-corrected chi connectivity index (χ4v) is 3.63. The van der Waals surface area contributed by atoms with E-state index in [2.05, 4.69) is 16.6 Å². The van der Waals surface area contributed by atoms with Gasteiger partial charge in [-0.3, -0.25) is 4.99 Å². The molecular weight excluding hydrogens is 424 g/mol. The SMILES string of the molecule is C=Cc1[nH]c(CC(O)(CC(C)(C)c2cc(F)ccc2OC)C(F)(F)F)cc1N=CC.CC. The Morgan fingerprint density at radius 1 is 1.19 bits per heavy atom. The number of hydrogen-bond donors (Lipinski definition) is 2. The second-order valence-electron chi connectivity index (χ2n) is 7.80. The van der Waals surface area contributed by atoms with Crippen molar-refractivity contribution >= 4 is 18.0 Å². The molecule has 0 radical (unpaired) electrons. The van der Waals surface area contributed by atoms with Crippen molar-refractivity contribution in [2.24, 2.45) is 4.99 Å². The molecule has 4 nitrogen and oxygen atoms in total. The highest BCUT2D eigenvalue weighted by Crippen LogP contribution is 2.45. The fraction of sp³-hybridized carbons (Fsp3) is 0.458. The van der Waals surface area contributed by atoms with Crippen molar-refractivity contribution in [2.45, 2.75) is 64.7 Å². The molecule has 0 fully saturated rings. The lowest BCUT2D eigenvalue weighted by atomic mass is 9.73. The number of rotatable bonds is 8. The summed E-state index contributed by atoms with van der Waals surface area (Å²) in [5.41, 5.74) is -3.05. The molecule has 8 heteroatoms. The number of nitrogens with one attached hydrogen (secondary N) is 1. The Labute approximate surface area is 187 Å². The zero-order valence-corrected chi connectivity index (χ0v) is 19.4. The van der Waals surface area contributed by atoms with E-state index in [1.165, 1.54) is 51.4 Å². The number of H-pyrrole nitrogens is 1. The third-order valence-electron chi connectivity index (χ3n) is 4.99. The summed E-state index contributed by atoms with van der Waals surface area (Å²) in [6, 6.07) is 5.10. The van der Waals surface area contributed by atoms with Gasteiger partial charge in [-0.25, -0.2) is 4.39 Å². The Morgan fingerprint density at radius 3 is 2.31 bits per heavy atom. The van der Waals surface area contributed by atoms with Gasteiger partial charge in [0.1, 0.15) is 11.6 Å². The second kappa shape index (κ2) is 10.8. The van der Waals surface area contributed by atoms with Gasteiger partial charge in [0, 0.05) is 23.9 Å². The standard InChI is InChI=1S/C22H26F4N2O2.C2H6/c1-6-17-18(27-7-2)11-15(28-17)12-21(29,22(24,25)26)13-20(3,4)16-10-14(23)8-9-19(16)30-5;1-2/h6-11,28-29H,1,12-13H2,2-5H3;1-2H3. The molecule has 0 amide bonds. The molecule has 0 aliphatic heterocycles. The van der Waals surface area contributed by atoms with Crippen molar-refractivity contribution in [1.29, 1.82) is 0 Å². The van der Waals surface area contributed by atoms with Crippen LogP contribution in [0.5, 0.6) is 5.75 Å². The van der Waals surface area contributed by atoms with Crippen LogP contribution in [-0.2, 0) is 11.8 Å². The van der Waals surface area contributed by atoms with E-state index in [9.17, 15) is 22.7 Å². The Hall–Kier alpha value is -2.61. The molecular formula is C24H32F4N2O2. The van der Waals surface area contributed by atoms with Crippen LogP contribution in [0.2, 0.25) is 0 Å². The van der Waals surface area contributed by atoms with Gasteiger partial charge in [0.25, 0.3) is 0 Å². The molecule has 0 aliphatic carbocycles. The molecule has 1 unspecified atom stereocenters. The summed E-state index contributed by atoms with van der Waals surface area (Å²) in [6.07, 6.45) is -3.41. The van der Waals surface area contributed by atoms with Gasteiger partial charge in [-0.15, -0.1) is 0 Å². The summed E-state index contributed by atoms with van der Waals surface area (Å²) in [4.78, 5) is 6.92. The molecule has 32 heavy (non-hydrogen) atoms. The lowest BCUT2D eigenvalue weighted by Crippen LogP contribution is -2.51. The number of aromatic nitrogens is 1. The first-order valence-electron chi connectivity index (χ1n) is 10.3. The van der Waals surface area contributed by atoms with Crippen LogP contribution in [0, 0.1) is 5.82 Å². The van der Waals surface area contributed by atoms with E-state index in [1.807, 2.05) is 13.8 Å². The van der Waals surface area contributed by atoms with Crippen molar-refractivity contribution in [3.63, 3.8) is 0 Å². The molecule has 178 valence electrons. The van der Waals surface area contributed by atoms with Crippen molar-refractivity contribution in [1.82, 2.24) is 4.98 Å². The maximum absolute atomic E-state index is 14.0. The highest BCUT2D eigenvalue weighted by Gasteiger charge is 2.56. The van der Waals surface area contributed by atoms with Gasteiger partial charge in [-0.05, 0) is 49.1 Å². The number of hydrogen-bond acceptors (Lipinski definition) is 3. The minimum absolute atomic E-state index is 0.160. The number of methoxy groups -OCH3 is 1. The molecule has 0 saturated carbocycles. The van der Waals surface area contributed by atoms with Crippen LogP contribution in [0.4, 0.5) is 23.2 Å². The molecule has 1 heterocycles. The van der Waals surface area contributed by atoms with Crippen molar-refractivity contribution in [2.75, 3.05) is 7.11 Å². The molecule has 0 bridgehead atoms. The van der Waals surface area contributed by atoms with Gasteiger partial charge in [0.2, 0.25) is 0 Å². The van der Waals surface area contributed by atoms with Crippen molar-refractivity contribution in [3.8, 4) is 5.75 Å². The van der Waals surface area contributed by atoms with Gasteiger partial charge in [-0.1, -0.05) is 34.3 Å². The second-order valence-corrected chi connectivity index (χ2v) is 7.80. The number of nitrogens with zero attached hydrogens (tertiary/aromatic N) is 1. The molecule has 0 aliphatic rings. The molecule has 1 atom stereocenters. The zero-order chi connectivity index (χ0) is 24.7. The number of aromatic amines is 1. The molecule has 0 spiro atoms. The van der Waals surface area contributed by atoms with Crippen molar-refractivity contribution in [3.05, 3.63) is 53.6 Å². The fourth-order valence-electron chi connectivity index (χ4n) is 3.63. The van der Waals surface area contributed by atoms with Crippen LogP contribution in [-0.4, -0.2) is 35.2 Å². The summed E-state index contributed by atoms with van der Waals surface area (Å²) in [5.74, 6) is -0.351. The lowest BCUT2D eigenvalue weighted by Gasteiger charge is -2.38. The zero-order valence-electron chi connectivity index (χ0n) is 19.4. The van der Waals surface area contributed by atoms with E-state index in [-0.39, 0.29) is 17.0 Å². The minimum Gasteiger partial charge on any atom is -0.496 e. The Bertz CT molecular complexity index is 933. The number of aliphatic hydroxyl groups is 1. The van der Waals surface area contributed by atoms with Gasteiger partial charge in [0.15, 0.2) is 5.60 Å². The number of halogens is 4. The first kappa shape index (κ1) is 27.4. The number of ether oxygens (including phenoxy) is 1. The van der Waals surface area contributed by atoms with Crippen LogP contribution in [0.25, 0.3) is 6.08 Å². The van der Waals surface area contributed by atoms with Crippen LogP contribution >= 0.6 is 0 Å². The topological polar surface area (TPSA) is 57.6 Å². The maximum Gasteiger partial charge on any atom is 0.417 e. The van der Waals surface area contributed by atoms with Gasteiger partial charge in [-0.2, -0.15) is 13.2 Å². The van der Waals surface area contributed by atoms with Gasteiger partial charge < -0.3 is 14.8 Å². The summed E-state index contributed by atoms with van der Waals surface area (Å²) >= 11 is 0. The molecule has 2 N–H and O–H groups in total. The highest BCUT2D eigenvalue weighted by molar-refractivity contribution is 5.68. The van der Waals surface area contributed by atoms with Crippen LogP contribution < -0.4 is 4.74 Å². The van der Waals surface area contributed by atoms with Gasteiger partial charge >= 0.3 is 6.18 Å². The smallest absolute Gasteiger partial charge is 0.417 e. The summed E-state index contributed by atoms with van der Waals surface area (Å²) in [7, 11) is 1.36. The van der Waals surface area contributed by atoms with Crippen LogP contribution in [0.3, 0.4) is 0 Å². The number of benzene rings is 1. The third-order valence-corrected chi connectivity index (χ3v) is 4.99. The van der Waals surface area contributed by atoms with Crippen molar-refractivity contribution < 1.29 is 27.4 Å². The average Bonchev–Trinajstić information content (AvgIpc) is 3.09. The van der Waals surface area contributed by atoms with E-state index in [0.717, 1.165) is 6.07 Å². The summed E-state index contributed by atoms with van der Waals surface area (Å²) < 4.78 is 61.1. The molecule has 0 saturated heterocycles. The Morgan fingerprint density at radius 2 is 1.81 bits per heavy atom. The third kappa shape index (κ3) is 6.22. The lowest BCUT2D eigenvalue weighted by molar-refractivity contribution is -0.266. The van der Waals surface area contributed by atoms with Crippen LogP contribution in [0.1, 0.15) is 58.0 Å². The van der Waals surface area contributed by atoms with E-state index < -0.39 is 35.9 Å². The highest BCUT2D eigenvalue weighted by atomic mass is 19.4. The summed E-state index contributed by atoms with van der Waals surface area (Å²) in [5, 5.41) is 10.8. The molecule has 1 aromatic carbocycles. The maximum atomic E-state index is 14.0.